The number of dihydropyridines is 1. The molecule has 1 N–H and O–H groups in total. The molecular formula is C27H32ClNO5. The largest absolute Gasteiger partial charge is 0.468 e. The summed E-state index contributed by atoms with van der Waals surface area (Å²) in [6.45, 7) is 3.71. The zero-order valence-electron chi connectivity index (χ0n) is 20.0. The zero-order chi connectivity index (χ0) is 24.4. The Bertz CT molecular complexity index is 1050. The summed E-state index contributed by atoms with van der Waals surface area (Å²) < 4.78 is 10.9. The van der Waals surface area contributed by atoms with Gasteiger partial charge in [0.05, 0.1) is 12.7 Å². The van der Waals surface area contributed by atoms with Crippen LogP contribution in [0.5, 0.6) is 0 Å². The number of benzene rings is 1. The molecule has 1 fully saturated rings. The quantitative estimate of drug-likeness (QED) is 0.358. The lowest BCUT2D eigenvalue weighted by Crippen LogP contribution is -2.43. The topological polar surface area (TPSA) is 81.7 Å². The molecule has 3 atom stereocenters. The number of nitrogens with one attached hydrogen (secondary N) is 1. The van der Waals surface area contributed by atoms with Crippen molar-refractivity contribution in [2.24, 2.45) is 11.8 Å². The average Bonchev–Trinajstić information content (AvgIpc) is 3.06. The molecular weight excluding hydrogens is 454 g/mol. The Balaban J connectivity index is 1.77. The predicted octanol–water partition coefficient (Wildman–Crippen LogP) is 5.22. The summed E-state index contributed by atoms with van der Waals surface area (Å²) in [5.41, 5.74) is 2.95. The number of methoxy groups -OCH3 is 1. The van der Waals surface area contributed by atoms with Crippen LogP contribution in [0.15, 0.2) is 46.8 Å². The van der Waals surface area contributed by atoms with E-state index < -0.39 is 23.8 Å². The number of allylic oxidation sites excluding steroid dienone is 3. The van der Waals surface area contributed by atoms with Crippen molar-refractivity contribution in [1.29, 1.82) is 0 Å². The highest BCUT2D eigenvalue weighted by Gasteiger charge is 2.47. The first kappa shape index (κ1) is 24.5. The van der Waals surface area contributed by atoms with Crippen LogP contribution in [-0.2, 0) is 23.9 Å². The van der Waals surface area contributed by atoms with Crippen molar-refractivity contribution in [3.05, 3.63) is 57.4 Å². The van der Waals surface area contributed by atoms with Gasteiger partial charge in [0.1, 0.15) is 12.0 Å². The lowest BCUT2D eigenvalue weighted by atomic mass is 9.69. The molecule has 0 radical (unpaired) electrons. The first-order valence-corrected chi connectivity index (χ1v) is 12.5. The average molecular weight is 486 g/mol. The molecule has 1 heterocycles. The number of rotatable bonds is 4. The SMILES string of the molecule is COC(=O)[C@@H]1C(=O)C2=C(C[C@H]1C)NC(C)=C(C(=O)OC1CCCCCC1)[C@H]2c1cccc(Cl)c1. The molecule has 0 unspecified atom stereocenters. The van der Waals surface area contributed by atoms with Gasteiger partial charge >= 0.3 is 11.9 Å². The molecule has 2 aliphatic carbocycles. The Morgan fingerprint density at radius 2 is 1.82 bits per heavy atom. The molecule has 1 saturated carbocycles. The minimum atomic E-state index is -0.912. The Hall–Kier alpha value is -2.60. The summed E-state index contributed by atoms with van der Waals surface area (Å²) >= 11 is 6.31. The van der Waals surface area contributed by atoms with Gasteiger partial charge in [0, 0.05) is 27.9 Å². The molecule has 6 nitrogen and oxygen atoms in total. The van der Waals surface area contributed by atoms with E-state index in [0.717, 1.165) is 49.8 Å². The third-order valence-electron chi connectivity index (χ3n) is 7.22. The Morgan fingerprint density at radius 3 is 2.47 bits per heavy atom. The van der Waals surface area contributed by atoms with Crippen LogP contribution < -0.4 is 5.32 Å². The van der Waals surface area contributed by atoms with E-state index in [1.165, 1.54) is 7.11 Å². The van der Waals surface area contributed by atoms with E-state index in [2.05, 4.69) is 5.32 Å². The smallest absolute Gasteiger partial charge is 0.337 e. The minimum Gasteiger partial charge on any atom is -0.468 e. The fraction of sp³-hybridized carbons (Fsp3) is 0.519. The number of Topliss-reactive ketones (excluding diaryl/α,β-unsaturated/α-hetero) is 1. The predicted molar refractivity (Wildman–Crippen MR) is 129 cm³/mol. The molecule has 1 aliphatic heterocycles. The second-order valence-electron chi connectivity index (χ2n) is 9.61. The lowest BCUT2D eigenvalue weighted by molar-refractivity contribution is -0.151. The molecule has 1 aromatic rings. The third kappa shape index (κ3) is 4.78. The van der Waals surface area contributed by atoms with Gasteiger partial charge in [0.2, 0.25) is 0 Å². The standard InChI is InChI=1S/C27H32ClNO5/c1-15-13-20-24(25(30)21(15)26(31)33-3)23(17-9-8-10-18(28)14-17)22(16(2)29-20)27(32)34-19-11-6-4-5-7-12-19/h8-10,14-15,19,21,23,29H,4-7,11-13H2,1-3H3/t15-,21+,23-/m1/s1. The van der Waals surface area contributed by atoms with Crippen molar-refractivity contribution >= 4 is 29.3 Å². The van der Waals surface area contributed by atoms with Crippen molar-refractivity contribution in [2.75, 3.05) is 7.11 Å². The second kappa shape index (κ2) is 10.3. The number of hydrogen-bond acceptors (Lipinski definition) is 6. The maximum Gasteiger partial charge on any atom is 0.337 e. The van der Waals surface area contributed by atoms with Gasteiger partial charge in [0.25, 0.3) is 0 Å². The Kier molecular flexibility index (Phi) is 7.46. The maximum atomic E-state index is 13.7. The van der Waals surface area contributed by atoms with Crippen LogP contribution in [0, 0.1) is 11.8 Å². The number of carbonyl (C=O) groups excluding carboxylic acids is 3. The first-order valence-electron chi connectivity index (χ1n) is 12.1. The Morgan fingerprint density at radius 1 is 1.12 bits per heavy atom. The molecule has 182 valence electrons. The third-order valence-corrected chi connectivity index (χ3v) is 7.46. The van der Waals surface area contributed by atoms with Crippen molar-refractivity contribution in [3.8, 4) is 0 Å². The van der Waals surface area contributed by atoms with E-state index in [1.54, 1.807) is 18.2 Å². The van der Waals surface area contributed by atoms with E-state index in [4.69, 9.17) is 21.1 Å². The van der Waals surface area contributed by atoms with Crippen molar-refractivity contribution < 1.29 is 23.9 Å². The summed E-state index contributed by atoms with van der Waals surface area (Å²) in [5, 5.41) is 3.81. The van der Waals surface area contributed by atoms with E-state index in [9.17, 15) is 14.4 Å². The fourth-order valence-corrected chi connectivity index (χ4v) is 5.74. The number of ether oxygens (including phenoxy) is 2. The van der Waals surface area contributed by atoms with E-state index >= 15 is 0 Å². The van der Waals surface area contributed by atoms with Crippen LogP contribution in [0.25, 0.3) is 0 Å². The number of ketones is 1. The van der Waals surface area contributed by atoms with Crippen LogP contribution >= 0.6 is 11.6 Å². The normalized spacial score (nSPS) is 25.9. The first-order chi connectivity index (χ1) is 16.3. The maximum absolute atomic E-state index is 13.7. The number of halogens is 1. The van der Waals surface area contributed by atoms with Gasteiger partial charge in [-0.1, -0.05) is 43.5 Å². The number of hydrogen-bond donors (Lipinski definition) is 1. The van der Waals surface area contributed by atoms with Gasteiger partial charge in [-0.25, -0.2) is 4.79 Å². The van der Waals surface area contributed by atoms with Crippen LogP contribution in [-0.4, -0.2) is 30.9 Å². The van der Waals surface area contributed by atoms with Gasteiger partial charge in [-0.15, -0.1) is 0 Å². The van der Waals surface area contributed by atoms with Crippen LogP contribution in [0.1, 0.15) is 70.3 Å². The van der Waals surface area contributed by atoms with Crippen molar-refractivity contribution in [3.63, 3.8) is 0 Å². The molecule has 0 aromatic heterocycles. The molecule has 0 spiro atoms. The van der Waals surface area contributed by atoms with Gasteiger partial charge in [-0.3, -0.25) is 9.59 Å². The molecule has 1 aromatic carbocycles. The highest BCUT2D eigenvalue weighted by Crippen LogP contribution is 2.46. The highest BCUT2D eigenvalue weighted by atomic mass is 35.5. The van der Waals surface area contributed by atoms with Crippen LogP contribution in [0.4, 0.5) is 0 Å². The fourth-order valence-electron chi connectivity index (χ4n) is 5.55. The number of esters is 2. The zero-order valence-corrected chi connectivity index (χ0v) is 20.7. The minimum absolute atomic E-state index is 0.129. The lowest BCUT2D eigenvalue weighted by Gasteiger charge is -2.38. The molecule has 0 bridgehead atoms. The van der Waals surface area contributed by atoms with E-state index in [-0.39, 0.29) is 17.8 Å². The van der Waals surface area contributed by atoms with Gasteiger partial charge < -0.3 is 14.8 Å². The van der Waals surface area contributed by atoms with Gasteiger partial charge in [-0.05, 0) is 62.6 Å². The summed E-state index contributed by atoms with van der Waals surface area (Å²) in [4.78, 5) is 39.9. The molecule has 34 heavy (non-hydrogen) atoms. The Labute approximate surface area is 205 Å². The molecule has 0 saturated heterocycles. The monoisotopic (exact) mass is 485 g/mol. The van der Waals surface area contributed by atoms with Crippen LogP contribution in [0.3, 0.4) is 0 Å². The summed E-state index contributed by atoms with van der Waals surface area (Å²) in [6, 6.07) is 7.19. The van der Waals surface area contributed by atoms with E-state index in [1.807, 2.05) is 19.9 Å². The van der Waals surface area contributed by atoms with Crippen molar-refractivity contribution in [2.45, 2.75) is 70.8 Å². The molecule has 7 heteroatoms. The van der Waals surface area contributed by atoms with Crippen molar-refractivity contribution in [1.82, 2.24) is 5.32 Å². The van der Waals surface area contributed by atoms with Crippen LogP contribution in [0.2, 0.25) is 5.02 Å². The highest BCUT2D eigenvalue weighted by molar-refractivity contribution is 6.30. The van der Waals surface area contributed by atoms with Gasteiger partial charge in [-0.2, -0.15) is 0 Å². The number of carbonyl (C=O) groups is 3. The summed E-state index contributed by atoms with van der Waals surface area (Å²) in [7, 11) is 1.29. The van der Waals surface area contributed by atoms with E-state index in [0.29, 0.717) is 28.3 Å². The summed E-state index contributed by atoms with van der Waals surface area (Å²) in [5.74, 6) is -3.09. The summed E-state index contributed by atoms with van der Waals surface area (Å²) in [6.07, 6.45) is 6.46. The van der Waals surface area contributed by atoms with Gasteiger partial charge in [0.15, 0.2) is 5.78 Å². The second-order valence-corrected chi connectivity index (χ2v) is 10.0. The molecule has 4 rings (SSSR count). The molecule has 0 amide bonds. The molecule has 3 aliphatic rings.